The van der Waals surface area contributed by atoms with Crippen LogP contribution in [-0.2, 0) is 18.3 Å². The zero-order chi connectivity index (χ0) is 19.2. The summed E-state index contributed by atoms with van der Waals surface area (Å²) < 4.78 is 0. The highest BCUT2D eigenvalue weighted by Crippen LogP contribution is 2.50. The maximum Gasteiger partial charge on any atom is 0.354 e. The molecule has 3 N–H and O–H groups in total. The molecule has 1 aromatic carbocycles. The van der Waals surface area contributed by atoms with E-state index in [4.69, 9.17) is 0 Å². The number of H-pyrrole nitrogens is 1. The van der Waals surface area contributed by atoms with E-state index in [0.717, 1.165) is 53.4 Å². The van der Waals surface area contributed by atoms with Crippen molar-refractivity contribution in [1.29, 1.82) is 0 Å². The molecule has 2 aromatic heterocycles. The number of aromatic carboxylic acids is 1. The molecule has 0 atom stereocenters. The van der Waals surface area contributed by atoms with Crippen molar-refractivity contribution in [3.8, 4) is 5.75 Å². The van der Waals surface area contributed by atoms with Crippen LogP contribution in [0.5, 0.6) is 5.75 Å². The van der Waals surface area contributed by atoms with Gasteiger partial charge in [-0.3, -0.25) is 0 Å². The van der Waals surface area contributed by atoms with Crippen molar-refractivity contribution in [2.45, 2.75) is 51.4 Å². The van der Waals surface area contributed by atoms with Crippen LogP contribution in [0.3, 0.4) is 0 Å². The topological polar surface area (TPSA) is 86.2 Å². The van der Waals surface area contributed by atoms with Gasteiger partial charge < -0.3 is 15.2 Å². The largest absolute Gasteiger partial charge is 0.508 e. The molecule has 1 fully saturated rings. The van der Waals surface area contributed by atoms with E-state index in [2.05, 4.69) is 29.9 Å². The molecule has 1 aliphatic rings. The number of aromatic hydroxyl groups is 1. The third-order valence-electron chi connectivity index (χ3n) is 5.61. The summed E-state index contributed by atoms with van der Waals surface area (Å²) >= 11 is 0. The predicted octanol–water partition coefficient (Wildman–Crippen LogP) is 4.56. The van der Waals surface area contributed by atoms with Gasteiger partial charge in [0.15, 0.2) is 0 Å². The summed E-state index contributed by atoms with van der Waals surface area (Å²) in [5, 5.41) is 20.7. The fourth-order valence-corrected chi connectivity index (χ4v) is 3.82. The van der Waals surface area contributed by atoms with Gasteiger partial charge in [-0.2, -0.15) is 0 Å². The maximum atomic E-state index is 11.3. The Balaban J connectivity index is 1.85. The quantitative estimate of drug-likeness (QED) is 0.598. The van der Waals surface area contributed by atoms with Crippen LogP contribution in [0.15, 0.2) is 30.3 Å². The molecule has 1 aliphatic carbocycles. The zero-order valence-corrected chi connectivity index (χ0v) is 15.7. The van der Waals surface area contributed by atoms with Gasteiger partial charge in [0.1, 0.15) is 11.4 Å². The molecule has 0 amide bonds. The van der Waals surface area contributed by atoms with Crippen LogP contribution >= 0.6 is 0 Å². The van der Waals surface area contributed by atoms with Crippen LogP contribution in [-0.4, -0.2) is 26.2 Å². The Labute approximate surface area is 158 Å². The SMILES string of the molecule is CCCc1cc2c(Cc3cccc(C(=O)O)n3)c(C3(C)CC3)[nH]c2cc1O. The number of benzene rings is 1. The molecule has 1 saturated carbocycles. The van der Waals surface area contributed by atoms with Gasteiger partial charge in [0, 0.05) is 40.2 Å². The first-order valence-electron chi connectivity index (χ1n) is 9.47. The van der Waals surface area contributed by atoms with E-state index in [1.54, 1.807) is 6.07 Å². The number of pyridine rings is 1. The minimum absolute atomic E-state index is 0.0656. The molecule has 0 unspecified atom stereocenters. The number of hydrogen-bond acceptors (Lipinski definition) is 3. The first-order chi connectivity index (χ1) is 12.9. The summed E-state index contributed by atoms with van der Waals surface area (Å²) in [5.41, 5.74) is 5.16. The van der Waals surface area contributed by atoms with E-state index < -0.39 is 5.97 Å². The number of carbonyl (C=O) groups is 1. The van der Waals surface area contributed by atoms with Crippen LogP contribution in [0.25, 0.3) is 10.9 Å². The van der Waals surface area contributed by atoms with Crippen molar-refractivity contribution in [1.82, 2.24) is 9.97 Å². The van der Waals surface area contributed by atoms with Crippen LogP contribution < -0.4 is 0 Å². The van der Waals surface area contributed by atoms with Crippen molar-refractivity contribution >= 4 is 16.9 Å². The molecule has 0 saturated heterocycles. The number of carboxylic acids is 1. The van der Waals surface area contributed by atoms with Crippen molar-refractivity contribution in [3.05, 3.63) is 58.5 Å². The number of rotatable bonds is 6. The van der Waals surface area contributed by atoms with Gasteiger partial charge in [0.2, 0.25) is 0 Å². The van der Waals surface area contributed by atoms with E-state index in [1.165, 1.54) is 11.8 Å². The fraction of sp³-hybridized carbons (Fsp3) is 0.364. The summed E-state index contributed by atoms with van der Waals surface area (Å²) in [6, 6.07) is 9.03. The fourth-order valence-electron chi connectivity index (χ4n) is 3.82. The number of fused-ring (bicyclic) bond motifs is 1. The Morgan fingerprint density at radius 2 is 2.07 bits per heavy atom. The summed E-state index contributed by atoms with van der Waals surface area (Å²) in [5.74, 6) is -0.684. The molecule has 2 heterocycles. The van der Waals surface area contributed by atoms with Crippen LogP contribution in [0, 0.1) is 0 Å². The summed E-state index contributed by atoms with van der Waals surface area (Å²) in [6.07, 6.45) is 4.62. The normalized spacial score (nSPS) is 15.2. The van der Waals surface area contributed by atoms with E-state index >= 15 is 0 Å². The molecule has 140 valence electrons. The van der Waals surface area contributed by atoms with Crippen LogP contribution in [0.4, 0.5) is 0 Å². The van der Waals surface area contributed by atoms with E-state index in [-0.39, 0.29) is 11.1 Å². The van der Waals surface area contributed by atoms with Crippen molar-refractivity contribution < 1.29 is 15.0 Å². The second-order valence-corrected chi connectivity index (χ2v) is 7.81. The van der Waals surface area contributed by atoms with Gasteiger partial charge in [0.05, 0.1) is 0 Å². The number of nitrogens with one attached hydrogen (secondary N) is 1. The standard InChI is InChI=1S/C22H24N2O3/c1-3-5-13-10-15-16(11-14-6-4-7-17(23-14)21(26)27)20(22(2)8-9-22)24-18(15)12-19(13)25/h4,6-7,10,12,24-25H,3,5,8-9,11H2,1-2H3,(H,26,27). The first kappa shape index (κ1) is 17.6. The number of aromatic nitrogens is 2. The second-order valence-electron chi connectivity index (χ2n) is 7.81. The lowest BCUT2D eigenvalue weighted by Crippen LogP contribution is -2.07. The lowest BCUT2D eigenvalue weighted by atomic mass is 9.95. The Bertz CT molecular complexity index is 1030. The smallest absolute Gasteiger partial charge is 0.354 e. The summed E-state index contributed by atoms with van der Waals surface area (Å²) in [6.45, 7) is 4.34. The first-order valence-corrected chi connectivity index (χ1v) is 9.47. The third kappa shape index (κ3) is 3.18. The highest BCUT2D eigenvalue weighted by atomic mass is 16.4. The highest BCUT2D eigenvalue weighted by Gasteiger charge is 2.42. The summed E-state index contributed by atoms with van der Waals surface area (Å²) in [7, 11) is 0. The molecule has 4 rings (SSSR count). The lowest BCUT2D eigenvalue weighted by Gasteiger charge is -2.11. The summed E-state index contributed by atoms with van der Waals surface area (Å²) in [4.78, 5) is 19.1. The molecule has 27 heavy (non-hydrogen) atoms. The van der Waals surface area contributed by atoms with Gasteiger partial charge in [-0.25, -0.2) is 9.78 Å². The zero-order valence-electron chi connectivity index (χ0n) is 15.7. The Morgan fingerprint density at radius 1 is 1.30 bits per heavy atom. The predicted molar refractivity (Wildman–Crippen MR) is 105 cm³/mol. The molecule has 3 aromatic rings. The van der Waals surface area contributed by atoms with Crippen molar-refractivity contribution in [2.24, 2.45) is 0 Å². The second kappa shape index (κ2) is 6.41. The lowest BCUT2D eigenvalue weighted by molar-refractivity contribution is 0.0690. The molecule has 5 heteroatoms. The van der Waals surface area contributed by atoms with Gasteiger partial charge >= 0.3 is 5.97 Å². The highest BCUT2D eigenvalue weighted by molar-refractivity contribution is 5.88. The van der Waals surface area contributed by atoms with Crippen molar-refractivity contribution in [2.75, 3.05) is 0 Å². The van der Waals surface area contributed by atoms with Crippen LogP contribution in [0.1, 0.15) is 66.1 Å². The van der Waals surface area contributed by atoms with Gasteiger partial charge in [0.25, 0.3) is 0 Å². The number of phenols is 1. The molecule has 0 spiro atoms. The number of aromatic amines is 1. The van der Waals surface area contributed by atoms with Gasteiger partial charge in [-0.1, -0.05) is 26.3 Å². The Kier molecular flexibility index (Phi) is 4.17. The van der Waals surface area contributed by atoms with Gasteiger partial charge in [-0.15, -0.1) is 0 Å². The van der Waals surface area contributed by atoms with Crippen LogP contribution in [0.2, 0.25) is 0 Å². The maximum absolute atomic E-state index is 11.3. The average Bonchev–Trinajstić information content (AvgIpc) is 3.29. The Morgan fingerprint density at radius 3 is 2.74 bits per heavy atom. The molecule has 0 aliphatic heterocycles. The van der Waals surface area contributed by atoms with Crippen molar-refractivity contribution in [3.63, 3.8) is 0 Å². The minimum atomic E-state index is -1.01. The number of carboxylic acid groups (broad SMARTS) is 1. The average molecular weight is 364 g/mol. The van der Waals surface area contributed by atoms with E-state index in [9.17, 15) is 15.0 Å². The number of nitrogens with zero attached hydrogens (tertiary/aromatic N) is 1. The number of hydrogen-bond donors (Lipinski definition) is 3. The molecular weight excluding hydrogens is 340 g/mol. The molecule has 0 bridgehead atoms. The minimum Gasteiger partial charge on any atom is -0.508 e. The van der Waals surface area contributed by atoms with Gasteiger partial charge in [-0.05, 0) is 48.6 Å². The number of phenolic OH excluding ortho intramolecular Hbond substituents is 1. The molecule has 5 nitrogen and oxygen atoms in total. The number of aryl methyl sites for hydroxylation is 1. The third-order valence-corrected chi connectivity index (χ3v) is 5.61. The molecular formula is C22H24N2O3. The van der Waals surface area contributed by atoms with E-state index in [0.29, 0.717) is 12.2 Å². The Hall–Kier alpha value is -2.82. The monoisotopic (exact) mass is 364 g/mol. The molecule has 0 radical (unpaired) electrons. The van der Waals surface area contributed by atoms with E-state index in [1.807, 2.05) is 12.1 Å².